The van der Waals surface area contributed by atoms with E-state index in [1.807, 2.05) is 0 Å². The molecule has 1 atom stereocenters. The van der Waals surface area contributed by atoms with E-state index in [4.69, 9.17) is 9.47 Å². The molecule has 0 bridgehead atoms. The van der Waals surface area contributed by atoms with Crippen molar-refractivity contribution in [2.24, 2.45) is 0 Å². The number of benzene rings is 2. The molecule has 0 saturated heterocycles. The predicted molar refractivity (Wildman–Crippen MR) is 132 cm³/mol. The van der Waals surface area contributed by atoms with Gasteiger partial charge in [0.15, 0.2) is 17.2 Å². The van der Waals surface area contributed by atoms with Crippen LogP contribution in [0.25, 0.3) is 0 Å². The zero-order valence-corrected chi connectivity index (χ0v) is 21.0. The zero-order chi connectivity index (χ0) is 26.7. The number of hydrogen-bond acceptors (Lipinski definition) is 6. The van der Waals surface area contributed by atoms with Gasteiger partial charge in [0, 0.05) is 26.2 Å². The molecule has 2 N–H and O–H groups in total. The molecule has 194 valence electrons. The molecule has 0 fully saturated rings. The first-order valence-electron chi connectivity index (χ1n) is 11.5. The minimum Gasteiger partial charge on any atom is -0.493 e. The van der Waals surface area contributed by atoms with Crippen LogP contribution in [0.2, 0.25) is 0 Å². The molecule has 0 aliphatic carbocycles. The van der Waals surface area contributed by atoms with Crippen molar-refractivity contribution < 1.29 is 28.2 Å². The molecular formula is C26H28FN5O5. The smallest absolute Gasteiger partial charge is 0.272 e. The molecule has 2 heterocycles. The Morgan fingerprint density at radius 1 is 1.00 bits per heavy atom. The number of aromatic nitrogens is 2. The molecule has 1 aromatic heterocycles. The lowest BCUT2D eigenvalue weighted by atomic mass is 9.96. The number of carbonyl (C=O) groups excluding carboxylic acids is 3. The molecule has 1 aliphatic heterocycles. The van der Waals surface area contributed by atoms with Gasteiger partial charge in [0.2, 0.25) is 5.91 Å². The summed E-state index contributed by atoms with van der Waals surface area (Å²) >= 11 is 0. The van der Waals surface area contributed by atoms with Crippen LogP contribution >= 0.6 is 0 Å². The van der Waals surface area contributed by atoms with Crippen molar-refractivity contribution in [2.45, 2.75) is 32.1 Å². The van der Waals surface area contributed by atoms with Crippen molar-refractivity contribution >= 4 is 17.7 Å². The average Bonchev–Trinajstić information content (AvgIpc) is 3.33. The summed E-state index contributed by atoms with van der Waals surface area (Å²) in [7, 11) is 4.60. The van der Waals surface area contributed by atoms with Gasteiger partial charge in [0.1, 0.15) is 17.1 Å². The Labute approximate surface area is 213 Å². The van der Waals surface area contributed by atoms with Crippen molar-refractivity contribution in [3.63, 3.8) is 0 Å². The second-order valence-corrected chi connectivity index (χ2v) is 8.89. The molecule has 0 radical (unpaired) electrons. The fourth-order valence-corrected chi connectivity index (χ4v) is 4.08. The molecule has 2 aromatic carbocycles. The van der Waals surface area contributed by atoms with E-state index in [0.717, 1.165) is 11.1 Å². The van der Waals surface area contributed by atoms with Crippen molar-refractivity contribution in [1.82, 2.24) is 25.3 Å². The molecule has 11 heteroatoms. The standard InChI is InChI=1S/C26H28FN5O5/c1-26(25(35)29-13-16-5-8-18(27)9-6-16)15-32-20(24(34)31(26)2)12-19(30-32)23(33)28-14-17-7-10-21(36-3)22(11-17)37-4/h5-12H,13-15H2,1-4H3,(H,28,33)(H,29,35). The van der Waals surface area contributed by atoms with E-state index in [-0.39, 0.29) is 36.8 Å². The average molecular weight is 510 g/mol. The fraction of sp³-hybridized carbons (Fsp3) is 0.308. The number of nitrogens with one attached hydrogen (secondary N) is 2. The van der Waals surface area contributed by atoms with Crippen LogP contribution in [0.1, 0.15) is 39.0 Å². The summed E-state index contributed by atoms with van der Waals surface area (Å²) in [6.45, 7) is 2.07. The summed E-state index contributed by atoms with van der Waals surface area (Å²) in [5, 5.41) is 9.89. The maximum absolute atomic E-state index is 13.1. The maximum Gasteiger partial charge on any atom is 0.272 e. The zero-order valence-electron chi connectivity index (χ0n) is 21.0. The lowest BCUT2D eigenvalue weighted by Crippen LogP contribution is -2.62. The van der Waals surface area contributed by atoms with Gasteiger partial charge in [-0.1, -0.05) is 18.2 Å². The third-order valence-electron chi connectivity index (χ3n) is 6.49. The van der Waals surface area contributed by atoms with E-state index in [0.29, 0.717) is 11.5 Å². The molecule has 10 nitrogen and oxygen atoms in total. The molecule has 3 aromatic rings. The number of nitrogens with zero attached hydrogens (tertiary/aromatic N) is 3. The SMILES string of the molecule is COc1ccc(CNC(=O)c2cc3n(n2)CC(C)(C(=O)NCc2ccc(F)cc2)N(C)C3=O)cc1OC. The van der Waals surface area contributed by atoms with Crippen molar-refractivity contribution in [1.29, 1.82) is 0 Å². The lowest BCUT2D eigenvalue weighted by Gasteiger charge is -2.40. The van der Waals surface area contributed by atoms with Crippen LogP contribution in [0.4, 0.5) is 4.39 Å². The number of hydrogen-bond donors (Lipinski definition) is 2. The van der Waals surface area contributed by atoms with E-state index < -0.39 is 23.3 Å². The number of amides is 3. The number of fused-ring (bicyclic) bond motifs is 1. The summed E-state index contributed by atoms with van der Waals surface area (Å²) in [5.74, 6) is -0.543. The van der Waals surface area contributed by atoms with Crippen LogP contribution < -0.4 is 20.1 Å². The maximum atomic E-state index is 13.1. The Morgan fingerprint density at radius 3 is 2.32 bits per heavy atom. The van der Waals surface area contributed by atoms with E-state index in [1.165, 1.54) is 41.9 Å². The van der Waals surface area contributed by atoms with Crippen molar-refractivity contribution in [3.05, 3.63) is 76.9 Å². The van der Waals surface area contributed by atoms with Crippen LogP contribution in [0.5, 0.6) is 11.5 Å². The second kappa shape index (κ2) is 10.3. The van der Waals surface area contributed by atoms with Gasteiger partial charge in [0.05, 0.1) is 20.8 Å². The summed E-state index contributed by atoms with van der Waals surface area (Å²) in [6, 6.07) is 12.5. The number of carbonyl (C=O) groups is 3. The van der Waals surface area contributed by atoms with Crippen LogP contribution in [-0.2, 0) is 24.4 Å². The molecule has 0 spiro atoms. The Hall–Kier alpha value is -4.41. The van der Waals surface area contributed by atoms with Crippen LogP contribution in [0.3, 0.4) is 0 Å². The first-order valence-corrected chi connectivity index (χ1v) is 11.5. The van der Waals surface area contributed by atoms with Gasteiger partial charge in [-0.05, 0) is 42.3 Å². The Bertz CT molecular complexity index is 1340. The van der Waals surface area contributed by atoms with Gasteiger partial charge in [-0.3, -0.25) is 19.1 Å². The monoisotopic (exact) mass is 509 g/mol. The van der Waals surface area contributed by atoms with Crippen molar-refractivity contribution in [2.75, 3.05) is 21.3 Å². The molecule has 3 amide bonds. The van der Waals surface area contributed by atoms with Gasteiger partial charge in [0.25, 0.3) is 11.8 Å². The van der Waals surface area contributed by atoms with E-state index in [1.54, 1.807) is 44.4 Å². The van der Waals surface area contributed by atoms with E-state index in [2.05, 4.69) is 15.7 Å². The van der Waals surface area contributed by atoms with Gasteiger partial charge in [-0.25, -0.2) is 4.39 Å². The first kappa shape index (κ1) is 25.7. The minimum atomic E-state index is -1.25. The largest absolute Gasteiger partial charge is 0.493 e. The minimum absolute atomic E-state index is 0.0583. The quantitative estimate of drug-likeness (QED) is 0.481. The van der Waals surface area contributed by atoms with Gasteiger partial charge in [-0.15, -0.1) is 0 Å². The molecular weight excluding hydrogens is 481 g/mol. The third kappa shape index (κ3) is 5.11. The molecule has 1 unspecified atom stereocenters. The summed E-state index contributed by atoms with van der Waals surface area (Å²) in [6.07, 6.45) is 0. The number of ether oxygens (including phenoxy) is 2. The highest BCUT2D eigenvalue weighted by Crippen LogP contribution is 2.28. The summed E-state index contributed by atoms with van der Waals surface area (Å²) < 4.78 is 25.0. The van der Waals surface area contributed by atoms with Gasteiger partial charge >= 0.3 is 0 Å². The molecule has 37 heavy (non-hydrogen) atoms. The Morgan fingerprint density at radius 2 is 1.65 bits per heavy atom. The Kier molecular flexibility index (Phi) is 7.14. The summed E-state index contributed by atoms with van der Waals surface area (Å²) in [5.41, 5.74) is 0.534. The lowest BCUT2D eigenvalue weighted by molar-refractivity contribution is -0.132. The van der Waals surface area contributed by atoms with Crippen LogP contribution in [0.15, 0.2) is 48.5 Å². The number of rotatable bonds is 8. The summed E-state index contributed by atoms with van der Waals surface area (Å²) in [4.78, 5) is 40.3. The normalized spacial score (nSPS) is 16.7. The fourth-order valence-electron chi connectivity index (χ4n) is 4.08. The first-order chi connectivity index (χ1) is 17.7. The number of halogens is 1. The molecule has 0 saturated carbocycles. The van der Waals surface area contributed by atoms with Gasteiger partial charge in [-0.2, -0.15) is 5.10 Å². The second-order valence-electron chi connectivity index (χ2n) is 8.89. The third-order valence-corrected chi connectivity index (χ3v) is 6.49. The van der Waals surface area contributed by atoms with Crippen LogP contribution in [-0.4, -0.2) is 59.2 Å². The predicted octanol–water partition coefficient (Wildman–Crippen LogP) is 2.13. The highest BCUT2D eigenvalue weighted by molar-refractivity contribution is 6.01. The topological polar surface area (TPSA) is 115 Å². The van der Waals surface area contributed by atoms with Crippen LogP contribution in [0, 0.1) is 5.82 Å². The van der Waals surface area contributed by atoms with E-state index >= 15 is 0 Å². The van der Waals surface area contributed by atoms with Crippen molar-refractivity contribution in [3.8, 4) is 11.5 Å². The highest BCUT2D eigenvalue weighted by atomic mass is 19.1. The van der Waals surface area contributed by atoms with E-state index in [9.17, 15) is 18.8 Å². The highest BCUT2D eigenvalue weighted by Gasteiger charge is 2.46. The molecule has 1 aliphatic rings. The molecule has 4 rings (SSSR count). The number of methoxy groups -OCH3 is 2. The number of likely N-dealkylation sites (N-methyl/N-ethyl adjacent to an activating group) is 1. The Balaban J connectivity index is 1.45. The van der Waals surface area contributed by atoms with Gasteiger partial charge < -0.3 is 25.0 Å².